The predicted molar refractivity (Wildman–Crippen MR) is 103 cm³/mol. The zero-order valence-electron chi connectivity index (χ0n) is 14.6. The zero-order chi connectivity index (χ0) is 19.6. The number of aromatic nitrogens is 2. The molecular formula is C18H19ClN4O3S. The van der Waals surface area contributed by atoms with Crippen LogP contribution in [0.1, 0.15) is 28.7 Å². The van der Waals surface area contributed by atoms with Crippen molar-refractivity contribution in [3.63, 3.8) is 0 Å². The van der Waals surface area contributed by atoms with E-state index in [0.29, 0.717) is 41.4 Å². The number of aryl methyl sites for hydroxylation is 1. The number of halogens is 1. The van der Waals surface area contributed by atoms with Gasteiger partial charge in [-0.05, 0) is 36.6 Å². The Balaban J connectivity index is 1.70. The first-order valence-corrected chi connectivity index (χ1v) is 10.3. The number of nitrogens with one attached hydrogen (secondary N) is 1. The predicted octanol–water partition coefficient (Wildman–Crippen LogP) is 2.17. The number of carbonyl (C=O) groups is 1. The third-order valence-corrected chi connectivity index (χ3v) is 5.33. The van der Waals surface area contributed by atoms with Crippen LogP contribution in [-0.2, 0) is 22.9 Å². The van der Waals surface area contributed by atoms with Crippen molar-refractivity contribution in [2.24, 2.45) is 5.14 Å². The van der Waals surface area contributed by atoms with Crippen molar-refractivity contribution in [3.8, 4) is 0 Å². The number of nitrogens with two attached hydrogens (primary N) is 1. The van der Waals surface area contributed by atoms with Crippen LogP contribution < -0.4 is 10.5 Å². The van der Waals surface area contributed by atoms with Gasteiger partial charge in [0.05, 0.1) is 10.6 Å². The first-order valence-electron chi connectivity index (χ1n) is 8.36. The molecule has 0 aliphatic heterocycles. The van der Waals surface area contributed by atoms with Gasteiger partial charge in [-0.1, -0.05) is 30.7 Å². The topological polar surface area (TPSA) is 107 Å². The molecule has 7 nitrogen and oxygen atoms in total. The smallest absolute Gasteiger partial charge is 0.270 e. The third-order valence-electron chi connectivity index (χ3n) is 4.16. The number of pyridine rings is 1. The summed E-state index contributed by atoms with van der Waals surface area (Å²) in [6.45, 7) is 2.34. The highest BCUT2D eigenvalue weighted by Gasteiger charge is 2.18. The highest BCUT2D eigenvalue weighted by atomic mass is 35.5. The van der Waals surface area contributed by atoms with E-state index in [2.05, 4.69) is 10.3 Å². The molecule has 0 radical (unpaired) electrons. The Hall–Kier alpha value is -2.42. The summed E-state index contributed by atoms with van der Waals surface area (Å²) in [5.41, 5.74) is 2.72. The number of nitrogens with zero attached hydrogens (tertiary/aromatic N) is 2. The number of benzene rings is 1. The fraction of sp³-hybridized carbons (Fsp3) is 0.222. The number of hydrogen-bond donors (Lipinski definition) is 2. The van der Waals surface area contributed by atoms with Gasteiger partial charge in [0, 0.05) is 23.8 Å². The minimum absolute atomic E-state index is 0.0623. The summed E-state index contributed by atoms with van der Waals surface area (Å²) in [7, 11) is -3.70. The largest absolute Gasteiger partial charge is 0.350 e. The van der Waals surface area contributed by atoms with E-state index in [1.165, 1.54) is 12.1 Å². The molecule has 0 saturated carbocycles. The molecule has 27 heavy (non-hydrogen) atoms. The van der Waals surface area contributed by atoms with Crippen molar-refractivity contribution in [2.45, 2.75) is 24.7 Å². The lowest BCUT2D eigenvalue weighted by molar-refractivity contribution is 0.0947. The molecule has 1 amide bonds. The molecule has 142 valence electrons. The van der Waals surface area contributed by atoms with Crippen molar-refractivity contribution >= 4 is 33.2 Å². The summed E-state index contributed by atoms with van der Waals surface area (Å²) in [6, 6.07) is 9.69. The number of carbonyl (C=O) groups excluding carboxylic acids is 1. The molecule has 0 unspecified atom stereocenters. The van der Waals surface area contributed by atoms with E-state index in [9.17, 15) is 13.2 Å². The Bertz CT molecular complexity index is 1090. The lowest BCUT2D eigenvalue weighted by atomic mass is 10.1. The minimum atomic E-state index is -3.70. The summed E-state index contributed by atoms with van der Waals surface area (Å²) in [5.74, 6) is -0.220. The van der Waals surface area contributed by atoms with Crippen molar-refractivity contribution in [1.29, 1.82) is 0 Å². The Morgan fingerprint density at radius 3 is 2.59 bits per heavy atom. The normalized spacial score (nSPS) is 11.7. The summed E-state index contributed by atoms with van der Waals surface area (Å²) < 4.78 is 24.3. The zero-order valence-corrected chi connectivity index (χ0v) is 16.2. The van der Waals surface area contributed by atoms with E-state index in [-0.39, 0.29) is 10.8 Å². The van der Waals surface area contributed by atoms with Gasteiger partial charge in [-0.25, -0.2) is 18.5 Å². The standard InChI is InChI=1S/C18H19ClN4O3S/c1-2-15-17(23-10-8-13(19)11-16(23)22-15)18(24)21-9-7-12-3-5-14(6-4-12)27(20,25)26/h3-6,8,10-11H,2,7,9H2,1H3,(H,21,24)(H2,20,25,26). The van der Waals surface area contributed by atoms with E-state index >= 15 is 0 Å². The Morgan fingerprint density at radius 1 is 1.26 bits per heavy atom. The van der Waals surface area contributed by atoms with Gasteiger partial charge in [0.2, 0.25) is 10.0 Å². The lowest BCUT2D eigenvalue weighted by Gasteiger charge is -2.07. The van der Waals surface area contributed by atoms with E-state index < -0.39 is 10.0 Å². The Labute approximate surface area is 162 Å². The van der Waals surface area contributed by atoms with Crippen LogP contribution in [0.5, 0.6) is 0 Å². The van der Waals surface area contributed by atoms with Gasteiger partial charge in [-0.3, -0.25) is 9.20 Å². The maximum atomic E-state index is 12.7. The van der Waals surface area contributed by atoms with Crippen LogP contribution in [0, 0.1) is 0 Å². The van der Waals surface area contributed by atoms with Crippen molar-refractivity contribution in [1.82, 2.24) is 14.7 Å². The average molecular weight is 407 g/mol. The highest BCUT2D eigenvalue weighted by Crippen LogP contribution is 2.17. The molecule has 9 heteroatoms. The van der Waals surface area contributed by atoms with Crippen LogP contribution in [0.25, 0.3) is 5.65 Å². The van der Waals surface area contributed by atoms with Gasteiger partial charge in [0.15, 0.2) is 0 Å². The maximum Gasteiger partial charge on any atom is 0.270 e. The molecule has 3 N–H and O–H groups in total. The quantitative estimate of drug-likeness (QED) is 0.654. The second-order valence-electron chi connectivity index (χ2n) is 6.03. The fourth-order valence-electron chi connectivity index (χ4n) is 2.81. The molecule has 2 heterocycles. The van der Waals surface area contributed by atoms with Gasteiger partial charge in [0.25, 0.3) is 5.91 Å². The third kappa shape index (κ3) is 4.29. The lowest BCUT2D eigenvalue weighted by Crippen LogP contribution is -2.27. The second kappa shape index (κ2) is 7.67. The number of imidazole rings is 1. The Morgan fingerprint density at radius 2 is 1.96 bits per heavy atom. The molecule has 0 fully saturated rings. The summed E-state index contributed by atoms with van der Waals surface area (Å²) in [4.78, 5) is 17.2. The van der Waals surface area contributed by atoms with Crippen LogP contribution in [0.15, 0.2) is 47.5 Å². The number of rotatable bonds is 6. The van der Waals surface area contributed by atoms with Crippen LogP contribution in [-0.4, -0.2) is 30.3 Å². The summed E-state index contributed by atoms with van der Waals surface area (Å²) >= 11 is 5.99. The number of primary sulfonamides is 1. The van der Waals surface area contributed by atoms with Gasteiger partial charge in [-0.2, -0.15) is 0 Å². The van der Waals surface area contributed by atoms with Crippen molar-refractivity contribution in [3.05, 3.63) is 64.6 Å². The molecule has 3 rings (SSSR count). The van der Waals surface area contributed by atoms with Crippen LogP contribution in [0.3, 0.4) is 0 Å². The molecule has 0 bridgehead atoms. The fourth-order valence-corrected chi connectivity index (χ4v) is 3.47. The van der Waals surface area contributed by atoms with Crippen LogP contribution in [0.4, 0.5) is 0 Å². The summed E-state index contributed by atoms with van der Waals surface area (Å²) in [5, 5.41) is 8.53. The SMILES string of the molecule is CCc1nc2cc(Cl)ccn2c1C(=O)NCCc1ccc(S(N)(=O)=O)cc1. The number of hydrogen-bond acceptors (Lipinski definition) is 4. The molecule has 2 aromatic heterocycles. The molecule has 0 aliphatic rings. The maximum absolute atomic E-state index is 12.7. The second-order valence-corrected chi connectivity index (χ2v) is 8.03. The van der Waals surface area contributed by atoms with Gasteiger partial charge >= 0.3 is 0 Å². The van der Waals surface area contributed by atoms with Crippen LogP contribution >= 0.6 is 11.6 Å². The monoisotopic (exact) mass is 406 g/mol. The van der Waals surface area contributed by atoms with E-state index in [1.807, 2.05) is 6.92 Å². The van der Waals surface area contributed by atoms with Gasteiger partial charge in [-0.15, -0.1) is 0 Å². The van der Waals surface area contributed by atoms with E-state index in [1.54, 1.807) is 34.9 Å². The molecule has 0 aliphatic carbocycles. The molecule has 0 saturated heterocycles. The molecule has 3 aromatic rings. The summed E-state index contributed by atoms with van der Waals surface area (Å²) in [6.07, 6.45) is 2.91. The minimum Gasteiger partial charge on any atom is -0.350 e. The van der Waals surface area contributed by atoms with Crippen molar-refractivity contribution in [2.75, 3.05) is 6.54 Å². The Kier molecular flexibility index (Phi) is 5.50. The van der Waals surface area contributed by atoms with Crippen molar-refractivity contribution < 1.29 is 13.2 Å². The molecule has 0 spiro atoms. The number of fused-ring (bicyclic) bond motifs is 1. The van der Waals surface area contributed by atoms with Gasteiger partial charge in [0.1, 0.15) is 11.3 Å². The average Bonchev–Trinajstić information content (AvgIpc) is 2.99. The van der Waals surface area contributed by atoms with Gasteiger partial charge < -0.3 is 5.32 Å². The molecular weight excluding hydrogens is 388 g/mol. The number of sulfonamides is 1. The van der Waals surface area contributed by atoms with E-state index in [0.717, 1.165) is 5.56 Å². The van der Waals surface area contributed by atoms with E-state index in [4.69, 9.17) is 16.7 Å². The number of amides is 1. The molecule has 0 atom stereocenters. The first kappa shape index (κ1) is 19.3. The highest BCUT2D eigenvalue weighted by molar-refractivity contribution is 7.89. The molecule has 1 aromatic carbocycles. The van der Waals surface area contributed by atoms with Crippen LogP contribution in [0.2, 0.25) is 5.02 Å². The first-order chi connectivity index (χ1) is 12.8.